The first-order chi connectivity index (χ1) is 3.39. The average Bonchev–Trinajstić information content (AvgIpc) is 2.26. The molecule has 2 nitrogen and oxygen atoms in total. The molecule has 1 heterocycles. The molecule has 0 spiro atoms. The van der Waals surface area contributed by atoms with Gasteiger partial charge in [-0.05, 0) is 0 Å². The molecular formula is C5H9NO. The van der Waals surface area contributed by atoms with Crippen LogP contribution in [0.5, 0.6) is 0 Å². The summed E-state index contributed by atoms with van der Waals surface area (Å²) in [6.45, 7) is 2.09. The number of piperidine rings is 1. The zero-order valence-corrected chi connectivity index (χ0v) is 4.09. The molecule has 0 bridgehead atoms. The molecule has 0 aromatic rings. The van der Waals surface area contributed by atoms with Crippen LogP contribution in [0.15, 0.2) is 0 Å². The molecule has 1 aliphatic carbocycles. The number of aliphatic hydroxyl groups is 1. The van der Waals surface area contributed by atoms with Crippen molar-refractivity contribution < 1.29 is 5.11 Å². The number of rotatable bonds is 0. The van der Waals surface area contributed by atoms with Gasteiger partial charge in [-0.15, -0.1) is 0 Å². The topological polar surface area (TPSA) is 32.3 Å². The summed E-state index contributed by atoms with van der Waals surface area (Å²) >= 11 is 0. The molecular weight excluding hydrogens is 90.1 g/mol. The molecule has 0 aromatic carbocycles. The maximum absolute atomic E-state index is 8.91. The van der Waals surface area contributed by atoms with Gasteiger partial charge >= 0.3 is 0 Å². The van der Waals surface area contributed by atoms with E-state index < -0.39 is 0 Å². The van der Waals surface area contributed by atoms with Crippen LogP contribution in [-0.4, -0.2) is 24.3 Å². The van der Waals surface area contributed by atoms with E-state index in [9.17, 15) is 0 Å². The van der Waals surface area contributed by atoms with Gasteiger partial charge in [0.2, 0.25) is 0 Å². The highest BCUT2D eigenvalue weighted by Gasteiger charge is 2.51. The lowest BCUT2D eigenvalue weighted by Gasteiger charge is -1.93. The van der Waals surface area contributed by atoms with E-state index in [1.165, 1.54) is 0 Å². The normalized spacial score (nSPS) is 57.0. The van der Waals surface area contributed by atoms with Crippen LogP contribution >= 0.6 is 0 Å². The number of aliphatic hydroxyl groups excluding tert-OH is 1. The van der Waals surface area contributed by atoms with Crippen LogP contribution in [0.3, 0.4) is 0 Å². The summed E-state index contributed by atoms with van der Waals surface area (Å²) in [5.41, 5.74) is 0. The minimum absolute atomic E-state index is 0.0567. The second-order valence-corrected chi connectivity index (χ2v) is 2.48. The van der Waals surface area contributed by atoms with Crippen molar-refractivity contribution in [3.8, 4) is 0 Å². The predicted octanol–water partition coefficient (Wildman–Crippen LogP) is -0.804. The molecule has 1 aliphatic heterocycles. The Morgan fingerprint density at radius 3 is 2.14 bits per heavy atom. The lowest BCUT2D eigenvalue weighted by Crippen LogP contribution is -2.16. The Hall–Kier alpha value is -0.0800. The van der Waals surface area contributed by atoms with Crippen LogP contribution in [0.25, 0.3) is 0 Å². The number of hydrogen-bond acceptors (Lipinski definition) is 2. The molecule has 0 radical (unpaired) electrons. The number of hydrogen-bond donors (Lipinski definition) is 2. The standard InChI is InChI=1S/C5H9NO/c7-5-3-1-6-2-4(3)5/h3-7H,1-2H2/t3-,4+,5?. The molecule has 0 amide bonds. The van der Waals surface area contributed by atoms with Crippen molar-refractivity contribution in [3.63, 3.8) is 0 Å². The van der Waals surface area contributed by atoms with E-state index in [0.717, 1.165) is 13.1 Å². The summed E-state index contributed by atoms with van der Waals surface area (Å²) in [4.78, 5) is 0. The van der Waals surface area contributed by atoms with E-state index in [2.05, 4.69) is 5.32 Å². The highest BCUT2D eigenvalue weighted by atomic mass is 16.3. The summed E-state index contributed by atoms with van der Waals surface area (Å²) in [6, 6.07) is 0. The Kier molecular flexibility index (Phi) is 0.557. The molecule has 40 valence electrons. The maximum Gasteiger partial charge on any atom is 0.0629 e. The number of fused-ring (bicyclic) bond motifs is 1. The summed E-state index contributed by atoms with van der Waals surface area (Å²) in [5.74, 6) is 1.25. The van der Waals surface area contributed by atoms with Crippen molar-refractivity contribution >= 4 is 0 Å². The predicted molar refractivity (Wildman–Crippen MR) is 25.9 cm³/mol. The van der Waals surface area contributed by atoms with Crippen LogP contribution in [0.2, 0.25) is 0 Å². The van der Waals surface area contributed by atoms with Crippen LogP contribution in [-0.2, 0) is 0 Å². The average molecular weight is 99.1 g/mol. The van der Waals surface area contributed by atoms with Crippen molar-refractivity contribution in [3.05, 3.63) is 0 Å². The van der Waals surface area contributed by atoms with Gasteiger partial charge in [-0.3, -0.25) is 0 Å². The maximum atomic E-state index is 8.91. The van der Waals surface area contributed by atoms with E-state index in [1.54, 1.807) is 0 Å². The van der Waals surface area contributed by atoms with Crippen LogP contribution in [0.4, 0.5) is 0 Å². The summed E-state index contributed by atoms with van der Waals surface area (Å²) in [7, 11) is 0. The van der Waals surface area contributed by atoms with Gasteiger partial charge in [-0.25, -0.2) is 0 Å². The van der Waals surface area contributed by atoms with Gasteiger partial charge in [0.1, 0.15) is 0 Å². The van der Waals surface area contributed by atoms with Gasteiger partial charge in [-0.2, -0.15) is 0 Å². The molecule has 2 aliphatic rings. The van der Waals surface area contributed by atoms with Gasteiger partial charge in [0.05, 0.1) is 6.10 Å². The quantitative estimate of drug-likeness (QED) is 0.416. The fraction of sp³-hybridized carbons (Fsp3) is 1.00. The monoisotopic (exact) mass is 99.1 g/mol. The lowest BCUT2D eigenvalue weighted by molar-refractivity contribution is 0.237. The third kappa shape index (κ3) is 0.359. The van der Waals surface area contributed by atoms with Gasteiger partial charge < -0.3 is 10.4 Å². The van der Waals surface area contributed by atoms with E-state index in [4.69, 9.17) is 5.11 Å². The molecule has 2 heteroatoms. The van der Waals surface area contributed by atoms with Crippen molar-refractivity contribution in [1.29, 1.82) is 0 Å². The van der Waals surface area contributed by atoms with Gasteiger partial charge in [0.25, 0.3) is 0 Å². The van der Waals surface area contributed by atoms with E-state index in [0.29, 0.717) is 11.8 Å². The Balaban J connectivity index is 2.06. The molecule has 3 atom stereocenters. The van der Waals surface area contributed by atoms with Crippen molar-refractivity contribution in [2.45, 2.75) is 6.10 Å². The zero-order valence-electron chi connectivity index (χ0n) is 4.09. The second-order valence-electron chi connectivity index (χ2n) is 2.48. The molecule has 1 saturated carbocycles. The van der Waals surface area contributed by atoms with E-state index in [1.807, 2.05) is 0 Å². The third-order valence-corrected chi connectivity index (χ3v) is 2.05. The Labute approximate surface area is 42.5 Å². The van der Waals surface area contributed by atoms with Crippen LogP contribution < -0.4 is 5.32 Å². The van der Waals surface area contributed by atoms with Crippen molar-refractivity contribution in [1.82, 2.24) is 5.32 Å². The first-order valence-electron chi connectivity index (χ1n) is 2.78. The molecule has 2 rings (SSSR count). The van der Waals surface area contributed by atoms with Crippen molar-refractivity contribution in [2.75, 3.05) is 13.1 Å². The third-order valence-electron chi connectivity index (χ3n) is 2.05. The second kappa shape index (κ2) is 1.01. The molecule has 1 saturated heterocycles. The Morgan fingerprint density at radius 1 is 1.29 bits per heavy atom. The van der Waals surface area contributed by atoms with Gasteiger partial charge in [-0.1, -0.05) is 0 Å². The van der Waals surface area contributed by atoms with Gasteiger partial charge in [0.15, 0.2) is 0 Å². The Bertz CT molecular complexity index is 84.1. The summed E-state index contributed by atoms with van der Waals surface area (Å²) < 4.78 is 0. The largest absolute Gasteiger partial charge is 0.392 e. The smallest absolute Gasteiger partial charge is 0.0629 e. The summed E-state index contributed by atoms with van der Waals surface area (Å²) in [5, 5.41) is 12.1. The first-order valence-corrected chi connectivity index (χ1v) is 2.78. The first kappa shape index (κ1) is 3.87. The van der Waals surface area contributed by atoms with E-state index >= 15 is 0 Å². The molecule has 2 N–H and O–H groups in total. The van der Waals surface area contributed by atoms with Crippen LogP contribution in [0.1, 0.15) is 0 Å². The van der Waals surface area contributed by atoms with Gasteiger partial charge in [0, 0.05) is 24.9 Å². The lowest BCUT2D eigenvalue weighted by atomic mass is 10.4. The fourth-order valence-corrected chi connectivity index (χ4v) is 1.39. The Morgan fingerprint density at radius 2 is 1.86 bits per heavy atom. The zero-order chi connectivity index (χ0) is 4.85. The SMILES string of the molecule is OC1[C@H]2CNC[C@@H]12. The molecule has 7 heavy (non-hydrogen) atoms. The molecule has 1 unspecified atom stereocenters. The highest BCUT2D eigenvalue weighted by Crippen LogP contribution is 2.41. The molecule has 2 fully saturated rings. The van der Waals surface area contributed by atoms with E-state index in [-0.39, 0.29) is 6.10 Å². The van der Waals surface area contributed by atoms with Crippen LogP contribution in [0, 0.1) is 11.8 Å². The fourth-order valence-electron chi connectivity index (χ4n) is 1.39. The minimum Gasteiger partial charge on any atom is -0.392 e. The molecule has 0 aromatic heterocycles. The summed E-state index contributed by atoms with van der Waals surface area (Å²) in [6.07, 6.45) is 0.0567. The highest BCUT2D eigenvalue weighted by molar-refractivity contribution is 5.04. The number of nitrogens with one attached hydrogen (secondary N) is 1. The van der Waals surface area contributed by atoms with Crippen molar-refractivity contribution in [2.24, 2.45) is 11.8 Å². The minimum atomic E-state index is 0.0567.